The number of ether oxygens (including phenoxy) is 1. The SMILES string of the molecule is COC(=O)c1cccc(-c2nccnc2C2CN(c3ccc4ccccc4n3)C2)c1.O=C([O-])c1cccc(-c2nccnc2C2CN(c3ccc4ccccc4n3)C2)c1.[Li+]. The summed E-state index contributed by atoms with van der Waals surface area (Å²) in [7, 11) is 1.38. The third kappa shape index (κ3) is 8.16. The molecule has 60 heavy (non-hydrogen) atoms. The van der Waals surface area contributed by atoms with E-state index in [0.717, 1.165) is 87.8 Å². The van der Waals surface area contributed by atoms with Crippen LogP contribution in [0, 0.1) is 0 Å². The molecule has 2 aliphatic heterocycles. The summed E-state index contributed by atoms with van der Waals surface area (Å²) in [5.41, 5.74) is 7.55. The smallest absolute Gasteiger partial charge is 0.545 e. The van der Waals surface area contributed by atoms with E-state index in [9.17, 15) is 14.7 Å². The first kappa shape index (κ1) is 39.8. The summed E-state index contributed by atoms with van der Waals surface area (Å²) in [4.78, 5) is 55.3. The molecular weight excluding hydrogens is 748 g/mol. The number of aromatic carboxylic acids is 1. The molecular formula is C47H37LiN8O4. The van der Waals surface area contributed by atoms with Gasteiger partial charge in [-0.25, -0.2) is 14.8 Å². The predicted octanol–water partition coefficient (Wildman–Crippen LogP) is 3.75. The van der Waals surface area contributed by atoms with Crippen LogP contribution in [0.25, 0.3) is 44.3 Å². The summed E-state index contributed by atoms with van der Waals surface area (Å²) in [6.07, 6.45) is 6.72. The second-order valence-electron chi connectivity index (χ2n) is 14.4. The van der Waals surface area contributed by atoms with Crippen molar-refractivity contribution in [1.29, 1.82) is 0 Å². The Labute approximate surface area is 358 Å². The van der Waals surface area contributed by atoms with Gasteiger partial charge in [-0.15, -0.1) is 0 Å². The van der Waals surface area contributed by atoms with Crippen molar-refractivity contribution in [1.82, 2.24) is 29.9 Å². The number of fused-ring (bicyclic) bond motifs is 2. The van der Waals surface area contributed by atoms with Crippen LogP contribution in [0.1, 0.15) is 43.9 Å². The average Bonchev–Trinajstić information content (AvgIpc) is 3.25. The fraction of sp³-hybridized carbons (Fsp3) is 0.149. The van der Waals surface area contributed by atoms with Crippen molar-refractivity contribution >= 4 is 45.4 Å². The molecule has 13 heteroatoms. The summed E-state index contributed by atoms with van der Waals surface area (Å²) < 4.78 is 4.84. The molecule has 0 unspecified atom stereocenters. The Morgan fingerprint density at radius 2 is 1.02 bits per heavy atom. The normalized spacial score (nSPS) is 13.7. The van der Waals surface area contributed by atoms with E-state index >= 15 is 0 Å². The molecule has 0 spiro atoms. The first-order valence-corrected chi connectivity index (χ1v) is 19.3. The van der Waals surface area contributed by atoms with E-state index in [4.69, 9.17) is 14.7 Å². The van der Waals surface area contributed by atoms with E-state index < -0.39 is 5.97 Å². The van der Waals surface area contributed by atoms with E-state index in [0.29, 0.717) is 11.3 Å². The first-order chi connectivity index (χ1) is 28.9. The van der Waals surface area contributed by atoms with Crippen molar-refractivity contribution in [2.24, 2.45) is 0 Å². The number of anilines is 2. The standard InChI is InChI=1S/C24H20N4O2.C23H18N4O2.Li/c1-30-24(29)18-7-4-6-17(13-18)22-23(26-12-11-25-22)19-14-28(15-19)21-10-9-16-5-2-3-8-20(16)27-21;28-23(29)17-6-3-5-16(12-17)21-22(25-11-10-24-21)18-13-27(14-18)20-9-8-15-4-1-2-7-19(15)26-20;/h2-13,19H,14-15H2,1H3;1-12,18H,13-14H2,(H,28,29);/q;;+1/p-1. The van der Waals surface area contributed by atoms with Gasteiger partial charge in [0.25, 0.3) is 0 Å². The Balaban J connectivity index is 0.000000164. The van der Waals surface area contributed by atoms with Crippen molar-refractivity contribution in [3.63, 3.8) is 0 Å². The number of hydrogen-bond donors (Lipinski definition) is 0. The number of methoxy groups -OCH3 is 1. The number of nitrogens with zero attached hydrogens (tertiary/aromatic N) is 8. The molecule has 290 valence electrons. The van der Waals surface area contributed by atoms with Gasteiger partial charge in [-0.1, -0.05) is 66.7 Å². The van der Waals surface area contributed by atoms with Crippen LogP contribution in [0.3, 0.4) is 0 Å². The molecule has 0 N–H and O–H groups in total. The molecule has 0 bridgehead atoms. The molecule has 0 saturated carbocycles. The maximum atomic E-state index is 11.9. The number of benzene rings is 4. The number of pyridine rings is 2. The van der Waals surface area contributed by atoms with E-state index in [1.807, 2.05) is 60.7 Å². The van der Waals surface area contributed by atoms with Gasteiger partial charge in [-0.3, -0.25) is 19.9 Å². The topological polar surface area (TPSA) is 150 Å². The number of carbonyl (C=O) groups is 2. The third-order valence-corrected chi connectivity index (χ3v) is 10.7. The molecule has 0 amide bonds. The molecule has 8 aromatic rings. The minimum Gasteiger partial charge on any atom is -0.545 e. The van der Waals surface area contributed by atoms with Crippen LogP contribution in [0.15, 0.2) is 146 Å². The van der Waals surface area contributed by atoms with Gasteiger partial charge in [0.05, 0.1) is 52.5 Å². The van der Waals surface area contributed by atoms with Gasteiger partial charge in [-0.05, 0) is 60.2 Å². The molecule has 0 radical (unpaired) electrons. The minimum atomic E-state index is -1.20. The van der Waals surface area contributed by atoms with Gasteiger partial charge < -0.3 is 24.4 Å². The van der Waals surface area contributed by atoms with Crippen LogP contribution in [-0.4, -0.2) is 75.1 Å². The number of hydrogen-bond acceptors (Lipinski definition) is 12. The molecule has 2 saturated heterocycles. The number of carboxylic acids is 1. The van der Waals surface area contributed by atoms with E-state index in [-0.39, 0.29) is 42.2 Å². The Morgan fingerprint density at radius 3 is 1.50 bits per heavy atom. The van der Waals surface area contributed by atoms with Crippen LogP contribution >= 0.6 is 0 Å². The van der Waals surface area contributed by atoms with Crippen molar-refractivity contribution in [3.8, 4) is 22.5 Å². The summed E-state index contributed by atoms with van der Waals surface area (Å²) in [5.74, 6) is 0.823. The molecule has 2 fully saturated rings. The van der Waals surface area contributed by atoms with Crippen LogP contribution in [0.5, 0.6) is 0 Å². The van der Waals surface area contributed by atoms with Gasteiger partial charge in [0.15, 0.2) is 0 Å². The monoisotopic (exact) mass is 784 g/mol. The summed E-state index contributed by atoms with van der Waals surface area (Å²) in [6.45, 7) is 3.23. The molecule has 6 heterocycles. The zero-order chi connectivity index (χ0) is 40.3. The van der Waals surface area contributed by atoms with Crippen LogP contribution in [0.4, 0.5) is 11.6 Å². The Kier molecular flexibility index (Phi) is 11.6. The number of para-hydroxylation sites is 2. The molecule has 10 rings (SSSR count). The summed E-state index contributed by atoms with van der Waals surface area (Å²) in [5, 5.41) is 13.5. The summed E-state index contributed by atoms with van der Waals surface area (Å²) >= 11 is 0. The molecule has 4 aromatic carbocycles. The number of carboxylic acid groups (broad SMARTS) is 1. The van der Waals surface area contributed by atoms with Gasteiger partial charge in [0.2, 0.25) is 0 Å². The van der Waals surface area contributed by atoms with Crippen molar-refractivity contribution in [2.45, 2.75) is 11.8 Å². The predicted molar refractivity (Wildman–Crippen MR) is 224 cm³/mol. The molecule has 12 nitrogen and oxygen atoms in total. The maximum Gasteiger partial charge on any atom is 1.00 e. The average molecular weight is 785 g/mol. The fourth-order valence-electron chi connectivity index (χ4n) is 7.58. The summed E-state index contributed by atoms with van der Waals surface area (Å²) in [6, 6.07) is 38.5. The molecule has 0 atom stereocenters. The molecule has 2 aliphatic rings. The van der Waals surface area contributed by atoms with E-state index in [1.165, 1.54) is 13.2 Å². The second-order valence-corrected chi connectivity index (χ2v) is 14.4. The van der Waals surface area contributed by atoms with Gasteiger partial charge >= 0.3 is 24.8 Å². The van der Waals surface area contributed by atoms with Crippen LogP contribution < -0.4 is 33.8 Å². The third-order valence-electron chi connectivity index (χ3n) is 10.7. The zero-order valence-electron chi connectivity index (χ0n) is 33.1. The van der Waals surface area contributed by atoms with E-state index in [2.05, 4.69) is 60.1 Å². The van der Waals surface area contributed by atoms with Gasteiger partial charge in [-0.2, -0.15) is 0 Å². The van der Waals surface area contributed by atoms with Crippen molar-refractivity contribution < 1.29 is 38.3 Å². The minimum absolute atomic E-state index is 0. The van der Waals surface area contributed by atoms with Crippen molar-refractivity contribution in [3.05, 3.63) is 169 Å². The number of rotatable bonds is 8. The first-order valence-electron chi connectivity index (χ1n) is 19.3. The Hall–Kier alpha value is -7.00. The quantitative estimate of drug-likeness (QED) is 0.163. The van der Waals surface area contributed by atoms with Crippen molar-refractivity contribution in [2.75, 3.05) is 43.1 Å². The molecule has 4 aromatic heterocycles. The number of aromatic nitrogens is 6. The maximum absolute atomic E-state index is 11.9. The van der Waals surface area contributed by atoms with Crippen LogP contribution in [0.2, 0.25) is 0 Å². The largest absolute Gasteiger partial charge is 1.00 e. The van der Waals surface area contributed by atoms with E-state index in [1.54, 1.807) is 49.1 Å². The molecule has 0 aliphatic carbocycles. The van der Waals surface area contributed by atoms with Crippen LogP contribution in [-0.2, 0) is 4.74 Å². The zero-order valence-corrected chi connectivity index (χ0v) is 33.1. The Bertz CT molecular complexity index is 2850. The number of carbonyl (C=O) groups excluding carboxylic acids is 2. The fourth-order valence-corrected chi connectivity index (χ4v) is 7.58. The number of esters is 1. The second kappa shape index (κ2) is 17.5. The van der Waals surface area contributed by atoms with Gasteiger partial charge in [0, 0.05) is 84.7 Å². The Morgan fingerprint density at radius 1 is 0.567 bits per heavy atom. The van der Waals surface area contributed by atoms with Gasteiger partial charge in [0.1, 0.15) is 11.6 Å².